The van der Waals surface area contributed by atoms with E-state index in [-0.39, 0.29) is 6.04 Å². The second kappa shape index (κ2) is 9.63. The largest absolute Gasteiger partial charge is 0.357 e. The summed E-state index contributed by atoms with van der Waals surface area (Å²) in [6, 6.07) is 22.4. The number of nitrogens with two attached hydrogens (primary N) is 1. The van der Waals surface area contributed by atoms with Gasteiger partial charge in [0.25, 0.3) is 0 Å². The van der Waals surface area contributed by atoms with E-state index in [0.717, 1.165) is 65.6 Å². The number of piperidine rings is 1. The Morgan fingerprint density at radius 3 is 2.39 bits per heavy atom. The van der Waals surface area contributed by atoms with Gasteiger partial charge < -0.3 is 26.3 Å². The molecule has 180 valence electrons. The van der Waals surface area contributed by atoms with Crippen molar-refractivity contribution >= 4 is 40.0 Å². The van der Waals surface area contributed by atoms with Crippen molar-refractivity contribution in [3.05, 3.63) is 79.3 Å². The highest BCUT2D eigenvalue weighted by Gasteiger charge is 2.18. The van der Waals surface area contributed by atoms with Gasteiger partial charge in [-0.3, -0.25) is 0 Å². The van der Waals surface area contributed by atoms with Crippen molar-refractivity contribution < 1.29 is 0 Å². The maximum absolute atomic E-state index is 6.05. The van der Waals surface area contributed by atoms with Gasteiger partial charge in [0.1, 0.15) is 17.0 Å². The zero-order chi connectivity index (χ0) is 24.3. The van der Waals surface area contributed by atoms with Crippen molar-refractivity contribution in [2.24, 2.45) is 5.73 Å². The van der Waals surface area contributed by atoms with Crippen LogP contribution >= 0.6 is 0 Å². The molecule has 0 aliphatic carbocycles. The first kappa shape index (κ1) is 22.0. The lowest BCUT2D eigenvalue weighted by atomic mass is 10.1. The highest BCUT2D eigenvalue weighted by atomic mass is 15.2. The highest BCUT2D eigenvalue weighted by Crippen LogP contribution is 2.28. The van der Waals surface area contributed by atoms with Crippen molar-refractivity contribution in [2.45, 2.75) is 18.9 Å². The SMILES string of the molecule is NC1CCN(c2ccc(-c3nc(Nc4cccc(Nc5ccccc5)c4)nc4nc[nH]c34)cn2)CC1. The van der Waals surface area contributed by atoms with Crippen LogP contribution in [0, 0.1) is 0 Å². The number of anilines is 5. The fourth-order valence-corrected chi connectivity index (χ4v) is 4.43. The van der Waals surface area contributed by atoms with Crippen LogP contribution in [0.4, 0.5) is 28.8 Å². The number of fused-ring (bicyclic) bond motifs is 1. The number of nitrogens with zero attached hydrogens (tertiary/aromatic N) is 5. The van der Waals surface area contributed by atoms with Gasteiger partial charge in [0, 0.05) is 48.0 Å². The first-order valence-electron chi connectivity index (χ1n) is 12.1. The minimum absolute atomic E-state index is 0.288. The molecule has 1 saturated heterocycles. The quantitative estimate of drug-likeness (QED) is 0.274. The van der Waals surface area contributed by atoms with E-state index in [9.17, 15) is 0 Å². The van der Waals surface area contributed by atoms with E-state index in [2.05, 4.69) is 30.5 Å². The molecule has 0 saturated carbocycles. The van der Waals surface area contributed by atoms with Gasteiger partial charge >= 0.3 is 0 Å². The Morgan fingerprint density at radius 2 is 1.61 bits per heavy atom. The maximum Gasteiger partial charge on any atom is 0.229 e. The number of rotatable bonds is 6. The van der Waals surface area contributed by atoms with Crippen LogP contribution in [0.2, 0.25) is 0 Å². The average molecular weight is 478 g/mol. The third-order valence-electron chi connectivity index (χ3n) is 6.35. The summed E-state index contributed by atoms with van der Waals surface area (Å²) in [7, 11) is 0. The first-order valence-corrected chi connectivity index (χ1v) is 12.1. The Hall–Kier alpha value is -4.50. The standard InChI is InChI=1S/C27H27N9/c28-19-11-13-36(14-12-19)23-10-9-18(16-29-23)24-25-26(31-17-30-25)35-27(34-24)33-22-8-4-7-21(15-22)32-20-5-2-1-3-6-20/h1-10,15-17,19,32H,11-14,28H2,(H2,30,31,33,34,35). The molecule has 5 N–H and O–H groups in total. The molecule has 9 nitrogen and oxygen atoms in total. The van der Waals surface area contributed by atoms with Crippen LogP contribution in [0.3, 0.4) is 0 Å². The molecule has 2 aromatic carbocycles. The van der Waals surface area contributed by atoms with Gasteiger partial charge in [-0.05, 0) is 55.3 Å². The van der Waals surface area contributed by atoms with E-state index >= 15 is 0 Å². The number of imidazole rings is 1. The summed E-state index contributed by atoms with van der Waals surface area (Å²) in [6.45, 7) is 1.86. The molecule has 0 spiro atoms. The zero-order valence-corrected chi connectivity index (χ0v) is 19.7. The van der Waals surface area contributed by atoms with Gasteiger partial charge in [0.05, 0.1) is 6.33 Å². The molecule has 5 aromatic rings. The monoisotopic (exact) mass is 477 g/mol. The number of H-pyrrole nitrogens is 1. The second-order valence-electron chi connectivity index (χ2n) is 8.92. The number of pyridine rings is 1. The third kappa shape index (κ3) is 4.69. The molecule has 4 heterocycles. The summed E-state index contributed by atoms with van der Waals surface area (Å²) in [4.78, 5) is 24.0. The van der Waals surface area contributed by atoms with Gasteiger partial charge in [-0.25, -0.2) is 15.0 Å². The number of aromatic nitrogens is 5. The topological polar surface area (TPSA) is 121 Å². The summed E-state index contributed by atoms with van der Waals surface area (Å²) >= 11 is 0. The predicted octanol–water partition coefficient (Wildman–Crippen LogP) is 4.83. The maximum atomic E-state index is 6.05. The minimum Gasteiger partial charge on any atom is -0.357 e. The van der Waals surface area contributed by atoms with Gasteiger partial charge in [-0.2, -0.15) is 4.98 Å². The Balaban J connectivity index is 1.26. The number of nitrogens with one attached hydrogen (secondary N) is 3. The third-order valence-corrected chi connectivity index (χ3v) is 6.35. The number of hydrogen-bond donors (Lipinski definition) is 4. The minimum atomic E-state index is 0.288. The number of aromatic amines is 1. The van der Waals surface area contributed by atoms with Crippen LogP contribution in [-0.4, -0.2) is 44.1 Å². The van der Waals surface area contributed by atoms with Crippen molar-refractivity contribution in [3.63, 3.8) is 0 Å². The molecule has 0 unspecified atom stereocenters. The Labute approximate surface area is 208 Å². The zero-order valence-electron chi connectivity index (χ0n) is 19.7. The molecular weight excluding hydrogens is 450 g/mol. The van der Waals surface area contributed by atoms with E-state index in [1.807, 2.05) is 72.9 Å². The van der Waals surface area contributed by atoms with Crippen LogP contribution in [-0.2, 0) is 0 Å². The summed E-state index contributed by atoms with van der Waals surface area (Å²) < 4.78 is 0. The van der Waals surface area contributed by atoms with Gasteiger partial charge in [0.15, 0.2) is 5.65 Å². The van der Waals surface area contributed by atoms with Crippen molar-refractivity contribution in [3.8, 4) is 11.3 Å². The van der Waals surface area contributed by atoms with Crippen LogP contribution in [0.25, 0.3) is 22.4 Å². The molecule has 36 heavy (non-hydrogen) atoms. The smallest absolute Gasteiger partial charge is 0.229 e. The molecule has 1 aliphatic rings. The number of hydrogen-bond acceptors (Lipinski definition) is 8. The summed E-state index contributed by atoms with van der Waals surface area (Å²) in [5.74, 6) is 1.43. The molecule has 3 aromatic heterocycles. The van der Waals surface area contributed by atoms with Crippen LogP contribution < -0.4 is 21.3 Å². The molecule has 0 amide bonds. The van der Waals surface area contributed by atoms with Gasteiger partial charge in [0.2, 0.25) is 5.95 Å². The molecule has 0 bridgehead atoms. The predicted molar refractivity (Wildman–Crippen MR) is 144 cm³/mol. The van der Waals surface area contributed by atoms with Gasteiger partial charge in [-0.1, -0.05) is 24.3 Å². The van der Waals surface area contributed by atoms with Crippen molar-refractivity contribution in [2.75, 3.05) is 28.6 Å². The second-order valence-corrected chi connectivity index (χ2v) is 8.92. The Bertz CT molecular complexity index is 1460. The molecule has 9 heteroatoms. The first-order chi connectivity index (χ1) is 17.7. The number of para-hydroxylation sites is 1. The van der Waals surface area contributed by atoms with Gasteiger partial charge in [-0.15, -0.1) is 0 Å². The van der Waals surface area contributed by atoms with E-state index < -0.39 is 0 Å². The highest BCUT2D eigenvalue weighted by molar-refractivity contribution is 5.88. The Morgan fingerprint density at radius 1 is 0.833 bits per heavy atom. The van der Waals surface area contributed by atoms with Crippen LogP contribution in [0.1, 0.15) is 12.8 Å². The van der Waals surface area contributed by atoms with Crippen molar-refractivity contribution in [1.29, 1.82) is 0 Å². The summed E-state index contributed by atoms with van der Waals surface area (Å²) in [5.41, 5.74) is 11.9. The van der Waals surface area contributed by atoms with E-state index in [1.165, 1.54) is 0 Å². The molecule has 1 aliphatic heterocycles. The lowest BCUT2D eigenvalue weighted by Crippen LogP contribution is -2.40. The molecule has 0 atom stereocenters. The fourth-order valence-electron chi connectivity index (χ4n) is 4.43. The summed E-state index contributed by atoms with van der Waals surface area (Å²) in [6.07, 6.45) is 5.47. The number of benzene rings is 2. The lowest BCUT2D eigenvalue weighted by molar-refractivity contribution is 0.498. The summed E-state index contributed by atoms with van der Waals surface area (Å²) in [5, 5.41) is 6.74. The van der Waals surface area contributed by atoms with Crippen molar-refractivity contribution in [1.82, 2.24) is 24.9 Å². The fraction of sp³-hybridized carbons (Fsp3) is 0.185. The van der Waals surface area contributed by atoms with Crippen LogP contribution in [0.5, 0.6) is 0 Å². The van der Waals surface area contributed by atoms with E-state index in [0.29, 0.717) is 11.6 Å². The van der Waals surface area contributed by atoms with Crippen LogP contribution in [0.15, 0.2) is 79.3 Å². The van der Waals surface area contributed by atoms with E-state index in [1.54, 1.807) is 6.33 Å². The lowest BCUT2D eigenvalue weighted by Gasteiger charge is -2.31. The molecule has 0 radical (unpaired) electrons. The Kier molecular flexibility index (Phi) is 5.88. The normalized spacial score (nSPS) is 14.2. The molecule has 1 fully saturated rings. The van der Waals surface area contributed by atoms with E-state index in [4.69, 9.17) is 15.7 Å². The molecular formula is C27H27N9. The average Bonchev–Trinajstić information content (AvgIpc) is 3.38. The molecule has 6 rings (SSSR count).